The summed E-state index contributed by atoms with van der Waals surface area (Å²) in [6.07, 6.45) is -2.72. The first-order valence-corrected chi connectivity index (χ1v) is 6.13. The van der Waals surface area contributed by atoms with Gasteiger partial charge in [-0.3, -0.25) is 5.32 Å². The molecule has 1 rings (SSSR count). The van der Waals surface area contributed by atoms with Crippen LogP contribution < -0.4 is 5.32 Å². The molecule has 0 aliphatic heterocycles. The van der Waals surface area contributed by atoms with Crippen molar-refractivity contribution in [2.45, 2.75) is 39.0 Å². The first kappa shape index (κ1) is 15.9. The second-order valence-corrected chi connectivity index (χ2v) is 5.33. The highest BCUT2D eigenvalue weighted by molar-refractivity contribution is 5.84. The van der Waals surface area contributed by atoms with Gasteiger partial charge in [-0.1, -0.05) is 12.1 Å². The Morgan fingerprint density at radius 3 is 2.30 bits per heavy atom. The van der Waals surface area contributed by atoms with E-state index >= 15 is 0 Å². The Balaban J connectivity index is 2.59. The van der Waals surface area contributed by atoms with Crippen molar-refractivity contribution in [3.05, 3.63) is 29.8 Å². The lowest BCUT2D eigenvalue weighted by Gasteiger charge is -2.19. The molecule has 1 aromatic rings. The van der Waals surface area contributed by atoms with Gasteiger partial charge >= 0.3 is 12.1 Å². The number of nitrogens with one attached hydrogen (secondary N) is 1. The molecule has 1 unspecified atom stereocenters. The van der Waals surface area contributed by atoms with Gasteiger partial charge in [0.05, 0.1) is 0 Å². The van der Waals surface area contributed by atoms with Crippen LogP contribution in [0.5, 0.6) is 0 Å². The maximum absolute atomic E-state index is 13.0. The minimum atomic E-state index is -1.93. The summed E-state index contributed by atoms with van der Waals surface area (Å²) >= 11 is 0. The molecule has 0 fully saturated rings. The van der Waals surface area contributed by atoms with Crippen LogP contribution in [0.3, 0.4) is 0 Å². The molecule has 20 heavy (non-hydrogen) atoms. The molecule has 0 spiro atoms. The van der Waals surface area contributed by atoms with Gasteiger partial charge in [0, 0.05) is 12.1 Å². The molecule has 0 saturated heterocycles. The van der Waals surface area contributed by atoms with Gasteiger partial charge < -0.3 is 9.84 Å². The smallest absolute Gasteiger partial charge is 0.412 e. The van der Waals surface area contributed by atoms with Crippen LogP contribution in [-0.4, -0.2) is 28.9 Å². The predicted octanol–water partition coefficient (Wildman–Crippen LogP) is 3.00. The average molecular weight is 283 g/mol. The maximum atomic E-state index is 13.0. The monoisotopic (exact) mass is 283 g/mol. The zero-order chi connectivity index (χ0) is 15.3. The number of carbonyl (C=O) groups is 2. The Morgan fingerprint density at radius 1 is 1.30 bits per heavy atom. The Bertz CT molecular complexity index is 479. The lowest BCUT2D eigenvalue weighted by molar-refractivity contribution is -0.142. The largest absolute Gasteiger partial charge is 0.479 e. The van der Waals surface area contributed by atoms with Crippen LogP contribution in [0.15, 0.2) is 24.3 Å². The maximum Gasteiger partial charge on any atom is 0.412 e. The van der Waals surface area contributed by atoms with E-state index in [1.165, 1.54) is 0 Å². The number of hydrogen-bond donors (Lipinski definition) is 2. The number of amides is 1. The van der Waals surface area contributed by atoms with Crippen LogP contribution in [0.1, 0.15) is 26.3 Å². The van der Waals surface area contributed by atoms with Crippen molar-refractivity contribution in [1.29, 1.82) is 0 Å². The van der Waals surface area contributed by atoms with E-state index < -0.39 is 23.8 Å². The van der Waals surface area contributed by atoms with Crippen LogP contribution in [0.4, 0.5) is 14.9 Å². The normalized spacial score (nSPS) is 12.6. The molecule has 0 aliphatic carbocycles. The number of carbonyl (C=O) groups excluding carboxylic acids is 1. The molecular weight excluding hydrogens is 265 g/mol. The number of alkyl halides is 1. The van der Waals surface area contributed by atoms with Crippen LogP contribution in [0.2, 0.25) is 0 Å². The number of carboxylic acid groups (broad SMARTS) is 1. The number of carboxylic acids is 1. The zero-order valence-corrected chi connectivity index (χ0v) is 11.6. The standard InChI is InChI=1S/C14H18FNO4/c1-14(2,3)20-13(19)16-10-6-4-9(5-7-10)8-11(15)12(17)18/h4-7,11H,8H2,1-3H3,(H,16,19)(H,17,18). The number of aliphatic carboxylic acids is 1. The van der Waals surface area contributed by atoms with Crippen molar-refractivity contribution in [2.24, 2.45) is 0 Å². The van der Waals surface area contributed by atoms with Crippen molar-refractivity contribution in [2.75, 3.05) is 5.32 Å². The van der Waals surface area contributed by atoms with Gasteiger partial charge in [-0.15, -0.1) is 0 Å². The molecule has 1 aromatic carbocycles. The first-order valence-electron chi connectivity index (χ1n) is 6.13. The van der Waals surface area contributed by atoms with Gasteiger partial charge in [0.25, 0.3) is 0 Å². The van der Waals surface area contributed by atoms with Crippen molar-refractivity contribution in [3.8, 4) is 0 Å². The topological polar surface area (TPSA) is 75.6 Å². The summed E-state index contributed by atoms with van der Waals surface area (Å²) in [5, 5.41) is 11.0. The number of hydrogen-bond acceptors (Lipinski definition) is 3. The highest BCUT2D eigenvalue weighted by Gasteiger charge is 2.17. The Labute approximate surface area is 116 Å². The molecule has 0 bridgehead atoms. The van der Waals surface area contributed by atoms with Crippen LogP contribution >= 0.6 is 0 Å². The lowest BCUT2D eigenvalue weighted by Crippen LogP contribution is -2.27. The molecule has 1 amide bonds. The second kappa shape index (κ2) is 6.36. The van der Waals surface area contributed by atoms with E-state index in [1.807, 2.05) is 0 Å². The van der Waals surface area contributed by atoms with Crippen LogP contribution in [0.25, 0.3) is 0 Å². The molecular formula is C14H18FNO4. The molecule has 0 aliphatic rings. The van der Waals surface area contributed by atoms with Crippen molar-refractivity contribution in [3.63, 3.8) is 0 Å². The van der Waals surface area contributed by atoms with E-state index in [1.54, 1.807) is 45.0 Å². The molecule has 0 heterocycles. The van der Waals surface area contributed by atoms with Crippen molar-refractivity contribution in [1.82, 2.24) is 0 Å². The second-order valence-electron chi connectivity index (χ2n) is 5.33. The molecule has 6 heteroatoms. The Morgan fingerprint density at radius 2 is 1.85 bits per heavy atom. The SMILES string of the molecule is CC(C)(C)OC(=O)Nc1ccc(CC(F)C(=O)O)cc1. The van der Waals surface area contributed by atoms with Crippen molar-refractivity contribution >= 4 is 17.7 Å². The number of ether oxygens (including phenoxy) is 1. The van der Waals surface area contributed by atoms with Gasteiger partial charge in [-0.25, -0.2) is 14.0 Å². The minimum absolute atomic E-state index is 0.206. The molecule has 0 radical (unpaired) electrons. The molecule has 1 atom stereocenters. The minimum Gasteiger partial charge on any atom is -0.479 e. The fourth-order valence-corrected chi connectivity index (χ4v) is 1.44. The Hall–Kier alpha value is -2.11. The molecule has 5 nitrogen and oxygen atoms in total. The fraction of sp³-hybridized carbons (Fsp3) is 0.429. The predicted molar refractivity (Wildman–Crippen MR) is 72.5 cm³/mol. The summed E-state index contributed by atoms with van der Waals surface area (Å²) < 4.78 is 18.1. The third-order valence-electron chi connectivity index (χ3n) is 2.28. The molecule has 0 aromatic heterocycles. The first-order chi connectivity index (χ1) is 9.17. The fourth-order valence-electron chi connectivity index (χ4n) is 1.44. The zero-order valence-electron chi connectivity index (χ0n) is 11.6. The van der Waals surface area contributed by atoms with Crippen LogP contribution in [-0.2, 0) is 16.0 Å². The lowest BCUT2D eigenvalue weighted by atomic mass is 10.1. The van der Waals surface area contributed by atoms with E-state index in [4.69, 9.17) is 9.84 Å². The van der Waals surface area contributed by atoms with Gasteiger partial charge in [0.15, 0.2) is 0 Å². The summed E-state index contributed by atoms with van der Waals surface area (Å²) in [7, 11) is 0. The third-order valence-corrected chi connectivity index (χ3v) is 2.28. The summed E-state index contributed by atoms with van der Waals surface area (Å²) in [4.78, 5) is 21.9. The number of anilines is 1. The number of benzene rings is 1. The summed E-state index contributed by atoms with van der Waals surface area (Å²) in [6.45, 7) is 5.26. The van der Waals surface area contributed by atoms with E-state index in [0.29, 0.717) is 11.3 Å². The summed E-state index contributed by atoms with van der Waals surface area (Å²) in [6, 6.07) is 6.24. The van der Waals surface area contributed by atoms with E-state index in [2.05, 4.69) is 5.32 Å². The van der Waals surface area contributed by atoms with Gasteiger partial charge in [0.2, 0.25) is 6.17 Å². The molecule has 110 valence electrons. The summed E-state index contributed by atoms with van der Waals surface area (Å²) in [5.74, 6) is -1.49. The quantitative estimate of drug-likeness (QED) is 0.890. The third kappa shape index (κ3) is 5.69. The number of rotatable bonds is 4. The van der Waals surface area contributed by atoms with Gasteiger partial charge in [0.1, 0.15) is 5.60 Å². The van der Waals surface area contributed by atoms with E-state index in [0.717, 1.165) is 0 Å². The highest BCUT2D eigenvalue weighted by Crippen LogP contribution is 2.14. The highest BCUT2D eigenvalue weighted by atomic mass is 19.1. The summed E-state index contributed by atoms with van der Waals surface area (Å²) in [5.41, 5.74) is 0.441. The molecule has 0 saturated carbocycles. The van der Waals surface area contributed by atoms with Gasteiger partial charge in [-0.05, 0) is 38.5 Å². The molecule has 2 N–H and O–H groups in total. The average Bonchev–Trinajstić information content (AvgIpc) is 2.28. The van der Waals surface area contributed by atoms with Crippen molar-refractivity contribution < 1.29 is 23.8 Å². The van der Waals surface area contributed by atoms with E-state index in [9.17, 15) is 14.0 Å². The van der Waals surface area contributed by atoms with E-state index in [-0.39, 0.29) is 6.42 Å². The van der Waals surface area contributed by atoms with Crippen LogP contribution in [0, 0.1) is 0 Å². The number of halogens is 1. The Kier molecular flexibility index (Phi) is 5.07. The van der Waals surface area contributed by atoms with Gasteiger partial charge in [-0.2, -0.15) is 0 Å².